The van der Waals surface area contributed by atoms with E-state index in [0.717, 1.165) is 30.5 Å². The second-order valence-electron chi connectivity index (χ2n) is 6.49. The van der Waals surface area contributed by atoms with Crippen molar-refractivity contribution >= 4 is 11.9 Å². The molecule has 0 unspecified atom stereocenters. The minimum Gasteiger partial charge on any atom is -0.357 e. The van der Waals surface area contributed by atoms with Crippen molar-refractivity contribution in [1.29, 1.82) is 0 Å². The van der Waals surface area contributed by atoms with E-state index in [1.54, 1.807) is 6.07 Å². The van der Waals surface area contributed by atoms with Crippen molar-refractivity contribution in [2.45, 2.75) is 39.8 Å². The smallest absolute Gasteiger partial charge is 0.251 e. The Labute approximate surface area is 166 Å². The van der Waals surface area contributed by atoms with Crippen LogP contribution in [0.3, 0.4) is 0 Å². The number of halogens is 1. The molecule has 0 aliphatic carbocycles. The number of guanidine groups is 1. The van der Waals surface area contributed by atoms with E-state index < -0.39 is 0 Å². The SMILES string of the molecule is CCCCNC(=O)c1ccc(CNC(=NCc2cccc(F)c2)NCC)cc1. The molecule has 2 aromatic rings. The molecule has 0 aliphatic rings. The normalized spacial score (nSPS) is 11.2. The summed E-state index contributed by atoms with van der Waals surface area (Å²) >= 11 is 0. The van der Waals surface area contributed by atoms with Crippen LogP contribution in [0.2, 0.25) is 0 Å². The Hall–Kier alpha value is -2.89. The fourth-order valence-electron chi connectivity index (χ4n) is 2.59. The Bertz CT molecular complexity index is 774. The molecular weight excluding hydrogens is 355 g/mol. The van der Waals surface area contributed by atoms with Crippen LogP contribution >= 0.6 is 0 Å². The summed E-state index contributed by atoms with van der Waals surface area (Å²) in [6.07, 6.45) is 2.04. The van der Waals surface area contributed by atoms with Crippen LogP contribution in [0, 0.1) is 5.82 Å². The lowest BCUT2D eigenvalue weighted by molar-refractivity contribution is 0.0953. The molecule has 0 aromatic heterocycles. The number of unbranched alkanes of at least 4 members (excludes halogenated alkanes) is 1. The number of nitrogens with zero attached hydrogens (tertiary/aromatic N) is 1. The van der Waals surface area contributed by atoms with E-state index in [1.165, 1.54) is 12.1 Å². The van der Waals surface area contributed by atoms with E-state index in [2.05, 4.69) is 27.9 Å². The number of rotatable bonds is 9. The van der Waals surface area contributed by atoms with Gasteiger partial charge in [0.05, 0.1) is 6.54 Å². The summed E-state index contributed by atoms with van der Waals surface area (Å²) in [6.45, 7) is 6.48. The second-order valence-corrected chi connectivity index (χ2v) is 6.49. The van der Waals surface area contributed by atoms with Gasteiger partial charge in [0.1, 0.15) is 5.82 Å². The molecule has 1 amide bonds. The molecule has 0 aliphatic heterocycles. The van der Waals surface area contributed by atoms with Gasteiger partial charge < -0.3 is 16.0 Å². The van der Waals surface area contributed by atoms with Gasteiger partial charge in [-0.15, -0.1) is 0 Å². The minimum atomic E-state index is -0.260. The zero-order chi connectivity index (χ0) is 20.2. The van der Waals surface area contributed by atoms with Crippen LogP contribution in [0.1, 0.15) is 48.2 Å². The minimum absolute atomic E-state index is 0.0436. The summed E-state index contributed by atoms with van der Waals surface area (Å²) in [5.74, 6) is 0.357. The summed E-state index contributed by atoms with van der Waals surface area (Å²) in [5, 5.41) is 9.35. The number of benzene rings is 2. The van der Waals surface area contributed by atoms with Gasteiger partial charge in [0.25, 0.3) is 5.91 Å². The lowest BCUT2D eigenvalue weighted by Gasteiger charge is -2.12. The van der Waals surface area contributed by atoms with Crippen LogP contribution in [0.4, 0.5) is 4.39 Å². The first-order chi connectivity index (χ1) is 13.6. The third-order valence-corrected chi connectivity index (χ3v) is 4.14. The Kier molecular flexibility index (Phi) is 8.98. The first-order valence-corrected chi connectivity index (χ1v) is 9.76. The molecule has 0 spiro atoms. The van der Waals surface area contributed by atoms with Crippen molar-refractivity contribution in [3.05, 3.63) is 71.0 Å². The molecule has 0 radical (unpaired) electrons. The molecule has 0 saturated heterocycles. The maximum absolute atomic E-state index is 13.3. The maximum atomic E-state index is 13.3. The van der Waals surface area contributed by atoms with E-state index in [-0.39, 0.29) is 11.7 Å². The monoisotopic (exact) mass is 384 g/mol. The van der Waals surface area contributed by atoms with Crippen LogP contribution in [-0.4, -0.2) is 25.0 Å². The average molecular weight is 384 g/mol. The lowest BCUT2D eigenvalue weighted by Crippen LogP contribution is -2.36. The molecule has 5 nitrogen and oxygen atoms in total. The Morgan fingerprint density at radius 2 is 1.79 bits per heavy atom. The highest BCUT2D eigenvalue weighted by Crippen LogP contribution is 2.06. The van der Waals surface area contributed by atoms with Crippen LogP contribution < -0.4 is 16.0 Å². The van der Waals surface area contributed by atoms with Gasteiger partial charge in [-0.3, -0.25) is 4.79 Å². The van der Waals surface area contributed by atoms with E-state index in [0.29, 0.717) is 31.2 Å². The molecule has 0 saturated carbocycles. The summed E-state index contributed by atoms with van der Waals surface area (Å²) in [5.41, 5.74) is 2.52. The van der Waals surface area contributed by atoms with Gasteiger partial charge in [-0.1, -0.05) is 37.6 Å². The molecule has 150 valence electrons. The molecular formula is C22H29FN4O. The van der Waals surface area contributed by atoms with E-state index in [4.69, 9.17) is 0 Å². The topological polar surface area (TPSA) is 65.5 Å². The van der Waals surface area contributed by atoms with Crippen molar-refractivity contribution in [1.82, 2.24) is 16.0 Å². The van der Waals surface area contributed by atoms with Crippen molar-refractivity contribution in [3.8, 4) is 0 Å². The van der Waals surface area contributed by atoms with E-state index in [9.17, 15) is 9.18 Å². The van der Waals surface area contributed by atoms with E-state index in [1.807, 2.05) is 37.3 Å². The Morgan fingerprint density at radius 1 is 1.00 bits per heavy atom. The fourth-order valence-corrected chi connectivity index (χ4v) is 2.59. The summed E-state index contributed by atoms with van der Waals surface area (Å²) in [7, 11) is 0. The molecule has 0 bridgehead atoms. The van der Waals surface area contributed by atoms with Gasteiger partial charge in [-0.05, 0) is 48.7 Å². The number of carbonyl (C=O) groups excluding carboxylic acids is 1. The van der Waals surface area contributed by atoms with Crippen molar-refractivity contribution in [2.24, 2.45) is 4.99 Å². The van der Waals surface area contributed by atoms with Gasteiger partial charge in [0, 0.05) is 25.2 Å². The Morgan fingerprint density at radius 3 is 2.46 bits per heavy atom. The van der Waals surface area contributed by atoms with Gasteiger partial charge >= 0.3 is 0 Å². The molecule has 2 rings (SSSR count). The summed E-state index contributed by atoms with van der Waals surface area (Å²) in [6, 6.07) is 13.9. The van der Waals surface area contributed by atoms with Crippen molar-refractivity contribution in [3.63, 3.8) is 0 Å². The van der Waals surface area contributed by atoms with Gasteiger partial charge in [0.2, 0.25) is 0 Å². The first kappa shape index (κ1) is 21.4. The van der Waals surface area contributed by atoms with Crippen molar-refractivity contribution < 1.29 is 9.18 Å². The van der Waals surface area contributed by atoms with Crippen LogP contribution in [0.15, 0.2) is 53.5 Å². The first-order valence-electron chi connectivity index (χ1n) is 9.76. The highest BCUT2D eigenvalue weighted by Gasteiger charge is 2.05. The quantitative estimate of drug-likeness (QED) is 0.352. The number of hydrogen-bond acceptors (Lipinski definition) is 2. The lowest BCUT2D eigenvalue weighted by atomic mass is 10.1. The predicted octanol–water partition coefficient (Wildman–Crippen LogP) is 3.61. The number of aliphatic imine (C=N–C) groups is 1. The third kappa shape index (κ3) is 7.39. The van der Waals surface area contributed by atoms with Gasteiger partial charge in [-0.25, -0.2) is 9.38 Å². The average Bonchev–Trinajstić information content (AvgIpc) is 2.70. The summed E-state index contributed by atoms with van der Waals surface area (Å²) < 4.78 is 13.3. The second kappa shape index (κ2) is 11.7. The number of hydrogen-bond donors (Lipinski definition) is 3. The standard InChI is InChI=1S/C22H29FN4O/c1-3-5-13-25-21(28)19-11-9-17(10-12-19)15-26-22(24-4-2)27-16-18-7-6-8-20(23)14-18/h6-12,14H,3-5,13,15-16H2,1-2H3,(H,25,28)(H2,24,26,27). The zero-order valence-electron chi connectivity index (χ0n) is 16.6. The fraction of sp³-hybridized carbons (Fsp3) is 0.364. The van der Waals surface area contributed by atoms with Crippen LogP contribution in [-0.2, 0) is 13.1 Å². The highest BCUT2D eigenvalue weighted by molar-refractivity contribution is 5.94. The number of amides is 1. The van der Waals surface area contributed by atoms with Gasteiger partial charge in [0.15, 0.2) is 5.96 Å². The van der Waals surface area contributed by atoms with E-state index >= 15 is 0 Å². The van der Waals surface area contributed by atoms with Crippen LogP contribution in [0.5, 0.6) is 0 Å². The predicted molar refractivity (Wildman–Crippen MR) is 112 cm³/mol. The molecule has 2 aromatic carbocycles. The molecule has 0 atom stereocenters. The summed E-state index contributed by atoms with van der Waals surface area (Å²) in [4.78, 5) is 16.5. The molecule has 3 N–H and O–H groups in total. The largest absolute Gasteiger partial charge is 0.357 e. The maximum Gasteiger partial charge on any atom is 0.251 e. The molecule has 6 heteroatoms. The molecule has 28 heavy (non-hydrogen) atoms. The zero-order valence-corrected chi connectivity index (χ0v) is 16.6. The van der Waals surface area contributed by atoms with Crippen molar-refractivity contribution in [2.75, 3.05) is 13.1 Å². The number of nitrogens with one attached hydrogen (secondary N) is 3. The van der Waals surface area contributed by atoms with Gasteiger partial charge in [-0.2, -0.15) is 0 Å². The third-order valence-electron chi connectivity index (χ3n) is 4.14. The van der Waals surface area contributed by atoms with Crippen LogP contribution in [0.25, 0.3) is 0 Å². The molecule has 0 heterocycles. The number of carbonyl (C=O) groups is 1. The highest BCUT2D eigenvalue weighted by atomic mass is 19.1. The Balaban J connectivity index is 1.90. The molecule has 0 fully saturated rings.